The summed E-state index contributed by atoms with van der Waals surface area (Å²) in [5.41, 5.74) is 1.25. The zero-order valence-corrected chi connectivity index (χ0v) is 19.2. The standard InChI is InChI=1S/C26H45Cl/c1-4-5-6-7-8-9-10-11-12-13-14-15-16-18-21-24(2)26(3,27)25-22-19-17-20-23-25/h17,19-20,22-24H,4-16,18,21H2,1-3H3. The van der Waals surface area contributed by atoms with Crippen LogP contribution in [0.25, 0.3) is 0 Å². The Morgan fingerprint density at radius 3 is 1.56 bits per heavy atom. The topological polar surface area (TPSA) is 0 Å². The first-order valence-corrected chi connectivity index (χ1v) is 12.2. The van der Waals surface area contributed by atoms with E-state index in [0.717, 1.165) is 0 Å². The lowest BCUT2D eigenvalue weighted by atomic mass is 9.84. The number of alkyl halides is 1. The van der Waals surface area contributed by atoms with Gasteiger partial charge in [-0.05, 0) is 24.8 Å². The highest BCUT2D eigenvalue weighted by Crippen LogP contribution is 2.38. The largest absolute Gasteiger partial charge is 0.114 e. The van der Waals surface area contributed by atoms with Gasteiger partial charge in [-0.2, -0.15) is 0 Å². The van der Waals surface area contributed by atoms with Crippen LogP contribution in [0, 0.1) is 5.92 Å². The zero-order valence-electron chi connectivity index (χ0n) is 18.4. The molecular formula is C26H45Cl. The zero-order chi connectivity index (χ0) is 19.8. The summed E-state index contributed by atoms with van der Waals surface area (Å²) < 4.78 is 0. The summed E-state index contributed by atoms with van der Waals surface area (Å²) in [6, 6.07) is 10.6. The first-order chi connectivity index (χ1) is 13.1. The van der Waals surface area contributed by atoms with Gasteiger partial charge in [-0.3, -0.25) is 0 Å². The minimum atomic E-state index is -0.238. The number of hydrogen-bond acceptors (Lipinski definition) is 0. The molecule has 0 saturated carbocycles. The van der Waals surface area contributed by atoms with Crippen molar-refractivity contribution in [3.63, 3.8) is 0 Å². The van der Waals surface area contributed by atoms with E-state index in [-0.39, 0.29) is 4.87 Å². The van der Waals surface area contributed by atoms with Gasteiger partial charge in [0.2, 0.25) is 0 Å². The predicted molar refractivity (Wildman–Crippen MR) is 124 cm³/mol. The van der Waals surface area contributed by atoms with E-state index in [1.54, 1.807) is 0 Å². The molecule has 2 unspecified atom stereocenters. The first kappa shape index (κ1) is 24.5. The molecule has 156 valence electrons. The Balaban J connectivity index is 1.94. The van der Waals surface area contributed by atoms with Crippen LogP contribution in [-0.4, -0.2) is 0 Å². The van der Waals surface area contributed by atoms with Gasteiger partial charge in [0.05, 0.1) is 4.87 Å². The van der Waals surface area contributed by atoms with Crippen molar-refractivity contribution < 1.29 is 0 Å². The fourth-order valence-electron chi connectivity index (χ4n) is 3.96. The molecule has 0 radical (unpaired) electrons. The molecule has 1 rings (SSSR count). The van der Waals surface area contributed by atoms with Gasteiger partial charge in [0, 0.05) is 0 Å². The summed E-state index contributed by atoms with van der Waals surface area (Å²) in [6.45, 7) is 6.78. The van der Waals surface area contributed by atoms with E-state index in [9.17, 15) is 0 Å². The van der Waals surface area contributed by atoms with Crippen LogP contribution in [0.3, 0.4) is 0 Å². The molecule has 0 nitrogen and oxygen atoms in total. The highest BCUT2D eigenvalue weighted by molar-refractivity contribution is 6.23. The van der Waals surface area contributed by atoms with Gasteiger partial charge < -0.3 is 0 Å². The molecule has 0 amide bonds. The van der Waals surface area contributed by atoms with Crippen LogP contribution in [0.5, 0.6) is 0 Å². The lowest BCUT2D eigenvalue weighted by Gasteiger charge is -2.30. The van der Waals surface area contributed by atoms with Crippen molar-refractivity contribution in [2.24, 2.45) is 5.92 Å². The predicted octanol–water partition coefficient (Wildman–Crippen LogP) is 9.65. The fraction of sp³-hybridized carbons (Fsp3) is 0.769. The normalized spacial score (nSPS) is 14.8. The highest BCUT2D eigenvalue weighted by Gasteiger charge is 2.29. The van der Waals surface area contributed by atoms with Gasteiger partial charge in [-0.1, -0.05) is 134 Å². The van der Waals surface area contributed by atoms with Crippen LogP contribution in [0.2, 0.25) is 0 Å². The molecule has 0 spiro atoms. The highest BCUT2D eigenvalue weighted by atomic mass is 35.5. The molecular weight excluding hydrogens is 348 g/mol. The van der Waals surface area contributed by atoms with Gasteiger partial charge in [0.15, 0.2) is 0 Å². The third-order valence-electron chi connectivity index (χ3n) is 6.25. The van der Waals surface area contributed by atoms with Crippen molar-refractivity contribution in [2.75, 3.05) is 0 Å². The number of halogens is 1. The van der Waals surface area contributed by atoms with Crippen molar-refractivity contribution in [3.8, 4) is 0 Å². The minimum absolute atomic E-state index is 0.238. The van der Waals surface area contributed by atoms with E-state index in [1.807, 2.05) is 0 Å². The van der Waals surface area contributed by atoms with E-state index in [0.29, 0.717) is 5.92 Å². The summed E-state index contributed by atoms with van der Waals surface area (Å²) in [6.07, 6.45) is 21.1. The van der Waals surface area contributed by atoms with E-state index in [1.165, 1.54) is 102 Å². The lowest BCUT2D eigenvalue weighted by Crippen LogP contribution is -2.23. The third kappa shape index (κ3) is 11.2. The smallest absolute Gasteiger partial charge is 0.0692 e. The summed E-state index contributed by atoms with van der Waals surface area (Å²) >= 11 is 6.87. The lowest BCUT2D eigenvalue weighted by molar-refractivity contribution is 0.386. The molecule has 0 aliphatic carbocycles. The summed E-state index contributed by atoms with van der Waals surface area (Å²) in [5, 5.41) is 0. The van der Waals surface area contributed by atoms with E-state index < -0.39 is 0 Å². The Morgan fingerprint density at radius 1 is 0.704 bits per heavy atom. The molecule has 1 aromatic carbocycles. The number of unbranched alkanes of at least 4 members (excludes halogenated alkanes) is 13. The van der Waals surface area contributed by atoms with Crippen LogP contribution in [0.1, 0.15) is 123 Å². The van der Waals surface area contributed by atoms with Crippen molar-refractivity contribution >= 4 is 11.6 Å². The molecule has 0 aromatic heterocycles. The van der Waals surface area contributed by atoms with E-state index in [4.69, 9.17) is 11.6 Å². The van der Waals surface area contributed by atoms with Gasteiger partial charge in [-0.25, -0.2) is 0 Å². The SMILES string of the molecule is CCCCCCCCCCCCCCCCC(C)C(C)(Cl)c1ccccc1. The molecule has 2 atom stereocenters. The summed E-state index contributed by atoms with van der Waals surface area (Å²) in [4.78, 5) is -0.238. The molecule has 0 aliphatic rings. The van der Waals surface area contributed by atoms with Crippen molar-refractivity contribution in [1.82, 2.24) is 0 Å². The average molecular weight is 393 g/mol. The van der Waals surface area contributed by atoms with Gasteiger partial charge in [0.25, 0.3) is 0 Å². The van der Waals surface area contributed by atoms with Crippen molar-refractivity contribution in [3.05, 3.63) is 35.9 Å². The van der Waals surface area contributed by atoms with E-state index >= 15 is 0 Å². The number of hydrogen-bond donors (Lipinski definition) is 0. The third-order valence-corrected chi connectivity index (χ3v) is 6.85. The van der Waals surface area contributed by atoms with Crippen molar-refractivity contribution in [1.29, 1.82) is 0 Å². The van der Waals surface area contributed by atoms with Crippen molar-refractivity contribution in [2.45, 2.75) is 122 Å². The Hall–Kier alpha value is -0.490. The molecule has 0 bridgehead atoms. The Kier molecular flexibility index (Phi) is 14.0. The summed E-state index contributed by atoms with van der Waals surface area (Å²) in [7, 11) is 0. The molecule has 1 aromatic rings. The Labute approximate surface area is 175 Å². The Bertz CT molecular complexity index is 437. The maximum absolute atomic E-state index is 6.87. The first-order valence-electron chi connectivity index (χ1n) is 11.8. The van der Waals surface area contributed by atoms with Crippen LogP contribution in [0.4, 0.5) is 0 Å². The molecule has 0 N–H and O–H groups in total. The van der Waals surface area contributed by atoms with Crippen LogP contribution >= 0.6 is 11.6 Å². The molecule has 0 heterocycles. The number of rotatable bonds is 17. The van der Waals surface area contributed by atoms with Crippen LogP contribution < -0.4 is 0 Å². The van der Waals surface area contributed by atoms with Gasteiger partial charge in [0.1, 0.15) is 0 Å². The second kappa shape index (κ2) is 15.4. The maximum Gasteiger partial charge on any atom is 0.0692 e. The van der Waals surface area contributed by atoms with Crippen LogP contribution in [0.15, 0.2) is 30.3 Å². The average Bonchev–Trinajstić information content (AvgIpc) is 2.68. The molecule has 1 heteroatoms. The van der Waals surface area contributed by atoms with E-state index in [2.05, 4.69) is 51.1 Å². The number of benzene rings is 1. The molecule has 0 aliphatic heterocycles. The van der Waals surface area contributed by atoms with Gasteiger partial charge in [-0.15, -0.1) is 11.6 Å². The quantitative estimate of drug-likeness (QED) is 0.183. The summed E-state index contributed by atoms with van der Waals surface area (Å²) in [5.74, 6) is 0.513. The molecule has 0 saturated heterocycles. The fourth-order valence-corrected chi connectivity index (χ4v) is 4.20. The second-order valence-electron chi connectivity index (χ2n) is 8.73. The minimum Gasteiger partial charge on any atom is -0.114 e. The second-order valence-corrected chi connectivity index (χ2v) is 9.51. The Morgan fingerprint density at radius 2 is 1.11 bits per heavy atom. The molecule has 27 heavy (non-hydrogen) atoms. The van der Waals surface area contributed by atoms with Crippen LogP contribution in [-0.2, 0) is 4.87 Å². The maximum atomic E-state index is 6.87. The monoisotopic (exact) mass is 392 g/mol. The van der Waals surface area contributed by atoms with Gasteiger partial charge >= 0.3 is 0 Å². The molecule has 0 fully saturated rings.